The lowest BCUT2D eigenvalue weighted by Gasteiger charge is -2.11. The standard InChI is InChI=1S/C21H20BNO4/c24-22(25)21-12-11-20(27-16-18-9-5-2-6-10-18)13-19(21)15-23(26)14-17-7-3-1-4-8-17/h1-13,15,24-25H,14,16H2/b23-15-. The van der Waals surface area contributed by atoms with Crippen LogP contribution in [0.1, 0.15) is 16.7 Å². The zero-order valence-electron chi connectivity index (χ0n) is 14.7. The first kappa shape index (κ1) is 18.7. The van der Waals surface area contributed by atoms with Gasteiger partial charge in [0.25, 0.3) is 0 Å². The summed E-state index contributed by atoms with van der Waals surface area (Å²) in [6, 6.07) is 23.9. The number of hydrogen-bond acceptors (Lipinski definition) is 4. The summed E-state index contributed by atoms with van der Waals surface area (Å²) < 4.78 is 6.52. The molecule has 3 aromatic carbocycles. The summed E-state index contributed by atoms with van der Waals surface area (Å²) in [5, 5.41) is 31.5. The lowest BCUT2D eigenvalue weighted by atomic mass is 9.77. The third-order valence-corrected chi connectivity index (χ3v) is 4.05. The Kier molecular flexibility index (Phi) is 6.25. The Labute approximate surface area is 158 Å². The number of nitrogens with zero attached hydrogens (tertiary/aromatic N) is 1. The highest BCUT2D eigenvalue weighted by molar-refractivity contribution is 6.60. The maximum Gasteiger partial charge on any atom is 0.489 e. The van der Waals surface area contributed by atoms with E-state index in [-0.39, 0.29) is 12.0 Å². The molecule has 0 spiro atoms. The maximum atomic E-state index is 12.3. The first-order valence-corrected chi connectivity index (χ1v) is 8.61. The number of rotatable bonds is 7. The third-order valence-electron chi connectivity index (χ3n) is 4.05. The summed E-state index contributed by atoms with van der Waals surface area (Å²) in [6.07, 6.45) is 1.34. The van der Waals surface area contributed by atoms with Gasteiger partial charge in [-0.15, -0.1) is 0 Å². The Balaban J connectivity index is 1.80. The summed E-state index contributed by atoms with van der Waals surface area (Å²) in [6.45, 7) is 0.545. The van der Waals surface area contributed by atoms with Gasteiger partial charge in [-0.25, -0.2) is 4.74 Å². The van der Waals surface area contributed by atoms with Crippen molar-refractivity contribution in [1.82, 2.24) is 0 Å². The van der Waals surface area contributed by atoms with E-state index in [1.54, 1.807) is 18.2 Å². The molecule has 0 atom stereocenters. The summed E-state index contributed by atoms with van der Waals surface area (Å²) in [5.41, 5.74) is 2.53. The highest BCUT2D eigenvalue weighted by Gasteiger charge is 2.18. The van der Waals surface area contributed by atoms with Gasteiger partial charge in [0.2, 0.25) is 0 Å². The first-order valence-electron chi connectivity index (χ1n) is 8.61. The second kappa shape index (κ2) is 9.03. The van der Waals surface area contributed by atoms with Crippen LogP contribution in [0.3, 0.4) is 0 Å². The zero-order chi connectivity index (χ0) is 19.1. The SMILES string of the molecule is [O-]/[N+](=C\c1cc(OCc2ccccc2)ccc1B(O)O)Cc1ccccc1. The smallest absolute Gasteiger partial charge is 0.489 e. The van der Waals surface area contributed by atoms with E-state index in [1.165, 1.54) is 6.21 Å². The van der Waals surface area contributed by atoms with Gasteiger partial charge >= 0.3 is 7.12 Å². The van der Waals surface area contributed by atoms with Crippen LogP contribution in [0, 0.1) is 5.21 Å². The highest BCUT2D eigenvalue weighted by atomic mass is 16.5. The summed E-state index contributed by atoms with van der Waals surface area (Å²) in [5.74, 6) is 0.544. The first-order chi connectivity index (χ1) is 13.1. The molecular formula is C21H20BNO4. The molecule has 5 nitrogen and oxygen atoms in total. The fourth-order valence-corrected chi connectivity index (χ4v) is 2.69. The zero-order valence-corrected chi connectivity index (χ0v) is 14.7. The monoisotopic (exact) mass is 361 g/mol. The van der Waals surface area contributed by atoms with Crippen LogP contribution < -0.4 is 10.2 Å². The van der Waals surface area contributed by atoms with E-state index < -0.39 is 7.12 Å². The number of hydrogen-bond donors (Lipinski definition) is 2. The van der Waals surface area contributed by atoms with Gasteiger partial charge in [0.1, 0.15) is 12.4 Å². The van der Waals surface area contributed by atoms with Crippen molar-refractivity contribution in [2.45, 2.75) is 13.2 Å². The number of benzene rings is 3. The van der Waals surface area contributed by atoms with Crippen molar-refractivity contribution >= 4 is 18.8 Å². The summed E-state index contributed by atoms with van der Waals surface area (Å²) >= 11 is 0. The van der Waals surface area contributed by atoms with Crippen LogP contribution in [-0.4, -0.2) is 28.1 Å². The van der Waals surface area contributed by atoms with E-state index in [2.05, 4.69) is 0 Å². The molecule has 0 heterocycles. The minimum absolute atomic E-state index is 0.164. The second-order valence-corrected chi connectivity index (χ2v) is 6.13. The molecule has 0 radical (unpaired) electrons. The Morgan fingerprint density at radius 3 is 2.15 bits per heavy atom. The predicted molar refractivity (Wildman–Crippen MR) is 106 cm³/mol. The van der Waals surface area contributed by atoms with Crippen molar-refractivity contribution < 1.29 is 19.5 Å². The van der Waals surface area contributed by atoms with Crippen LogP contribution in [0.4, 0.5) is 0 Å². The fraction of sp³-hybridized carbons (Fsp3) is 0.0952. The largest absolute Gasteiger partial charge is 0.624 e. The van der Waals surface area contributed by atoms with Crippen molar-refractivity contribution in [2.24, 2.45) is 0 Å². The van der Waals surface area contributed by atoms with Crippen LogP contribution in [-0.2, 0) is 13.2 Å². The fourth-order valence-electron chi connectivity index (χ4n) is 2.69. The highest BCUT2D eigenvalue weighted by Crippen LogP contribution is 2.14. The van der Waals surface area contributed by atoms with Gasteiger partial charge < -0.3 is 20.0 Å². The lowest BCUT2D eigenvalue weighted by Crippen LogP contribution is -2.33. The van der Waals surface area contributed by atoms with E-state index in [9.17, 15) is 15.3 Å². The Bertz CT molecular complexity index is 899. The summed E-state index contributed by atoms with van der Waals surface area (Å²) in [7, 11) is -1.68. The number of hydroxylamine groups is 1. The van der Waals surface area contributed by atoms with Crippen LogP contribution in [0.2, 0.25) is 0 Å². The van der Waals surface area contributed by atoms with E-state index in [0.29, 0.717) is 17.9 Å². The topological polar surface area (TPSA) is 75.8 Å². The molecule has 2 N–H and O–H groups in total. The van der Waals surface area contributed by atoms with Gasteiger partial charge in [0.15, 0.2) is 12.8 Å². The molecule has 0 unspecified atom stereocenters. The van der Waals surface area contributed by atoms with Gasteiger partial charge in [-0.05, 0) is 23.2 Å². The molecule has 6 heteroatoms. The molecule has 0 amide bonds. The normalized spacial score (nSPS) is 11.3. The van der Waals surface area contributed by atoms with Gasteiger partial charge in [0, 0.05) is 11.1 Å². The average molecular weight is 361 g/mol. The minimum Gasteiger partial charge on any atom is -0.624 e. The molecule has 0 saturated carbocycles. The van der Waals surface area contributed by atoms with Crippen molar-refractivity contribution in [3.63, 3.8) is 0 Å². The molecular weight excluding hydrogens is 341 g/mol. The molecule has 0 aliphatic heterocycles. The van der Waals surface area contributed by atoms with E-state index >= 15 is 0 Å². The molecule has 0 bridgehead atoms. The van der Waals surface area contributed by atoms with Crippen LogP contribution >= 0.6 is 0 Å². The second-order valence-electron chi connectivity index (χ2n) is 6.13. The molecule has 3 aromatic rings. The molecule has 0 aromatic heterocycles. The van der Waals surface area contributed by atoms with E-state index in [0.717, 1.165) is 15.9 Å². The summed E-state index contributed by atoms with van der Waals surface area (Å²) in [4.78, 5) is 0. The number of ether oxygens (including phenoxy) is 1. The molecule has 0 saturated heterocycles. The molecule has 0 aliphatic rings. The van der Waals surface area contributed by atoms with E-state index in [4.69, 9.17) is 4.74 Å². The molecule has 3 rings (SSSR count). The van der Waals surface area contributed by atoms with Gasteiger partial charge in [-0.2, -0.15) is 0 Å². The molecule has 0 aliphatic carbocycles. The van der Waals surface area contributed by atoms with Crippen LogP contribution in [0.15, 0.2) is 78.9 Å². The average Bonchev–Trinajstić information content (AvgIpc) is 2.68. The van der Waals surface area contributed by atoms with Gasteiger partial charge in [-0.1, -0.05) is 66.7 Å². The van der Waals surface area contributed by atoms with Gasteiger partial charge in [-0.3, -0.25) is 0 Å². The van der Waals surface area contributed by atoms with E-state index in [1.807, 2.05) is 60.7 Å². The minimum atomic E-state index is -1.68. The van der Waals surface area contributed by atoms with Crippen molar-refractivity contribution in [3.05, 3.63) is 101 Å². The van der Waals surface area contributed by atoms with Gasteiger partial charge in [0.05, 0.1) is 0 Å². The molecule has 27 heavy (non-hydrogen) atoms. The van der Waals surface area contributed by atoms with Crippen LogP contribution in [0.5, 0.6) is 5.75 Å². The van der Waals surface area contributed by atoms with Crippen molar-refractivity contribution in [2.75, 3.05) is 0 Å². The third kappa shape index (κ3) is 5.44. The maximum absolute atomic E-state index is 12.3. The predicted octanol–water partition coefficient (Wildman–Crippen LogP) is 2.07. The van der Waals surface area contributed by atoms with Crippen LogP contribution in [0.25, 0.3) is 0 Å². The molecule has 0 fully saturated rings. The Morgan fingerprint density at radius 1 is 0.889 bits per heavy atom. The van der Waals surface area contributed by atoms with Crippen molar-refractivity contribution in [3.8, 4) is 5.75 Å². The quantitative estimate of drug-likeness (QED) is 0.222. The molecule has 136 valence electrons. The Hall–Kier alpha value is -3.09. The Morgan fingerprint density at radius 2 is 1.52 bits per heavy atom. The van der Waals surface area contributed by atoms with Crippen molar-refractivity contribution in [1.29, 1.82) is 0 Å². The lowest BCUT2D eigenvalue weighted by molar-refractivity contribution is -0.469.